The predicted molar refractivity (Wildman–Crippen MR) is 59.1 cm³/mol. The molecule has 0 aliphatic carbocycles. The van der Waals surface area contributed by atoms with Gasteiger partial charge in [0, 0.05) is 18.2 Å². The van der Waals surface area contributed by atoms with Crippen LogP contribution in [0.1, 0.15) is 19.4 Å². The Balaban J connectivity index is 2.72. The van der Waals surface area contributed by atoms with E-state index in [1.54, 1.807) is 6.92 Å². The largest absolute Gasteiger partial charge is 0.377 e. The molecular weight excluding hydrogens is 212 g/mol. The molecule has 90 valence electrons. The molecule has 2 atom stereocenters. The van der Waals surface area contributed by atoms with Gasteiger partial charge in [0.2, 0.25) is 0 Å². The molecule has 1 rings (SSSR count). The molecule has 0 heterocycles. The van der Waals surface area contributed by atoms with Crippen LogP contribution in [0.5, 0.6) is 0 Å². The molecule has 1 aromatic rings. The van der Waals surface area contributed by atoms with Crippen molar-refractivity contribution < 1.29 is 13.5 Å². The maximum atomic E-state index is 13.3. The fraction of sp³-hybridized carbons (Fsp3) is 0.500. The van der Waals surface area contributed by atoms with E-state index < -0.39 is 17.7 Å². The Morgan fingerprint density at radius 3 is 2.38 bits per heavy atom. The molecule has 0 bridgehead atoms. The molecule has 0 aromatic heterocycles. The quantitative estimate of drug-likeness (QED) is 0.840. The third kappa shape index (κ3) is 3.25. The van der Waals surface area contributed by atoms with Crippen molar-refractivity contribution >= 4 is 0 Å². The second-order valence-corrected chi connectivity index (χ2v) is 3.73. The van der Waals surface area contributed by atoms with Gasteiger partial charge in [-0.1, -0.05) is 6.07 Å². The van der Waals surface area contributed by atoms with Crippen LogP contribution in [0.2, 0.25) is 0 Å². The van der Waals surface area contributed by atoms with E-state index in [9.17, 15) is 8.78 Å². The molecule has 0 radical (unpaired) electrons. The van der Waals surface area contributed by atoms with Gasteiger partial charge in [0.1, 0.15) is 11.6 Å². The molecule has 2 N–H and O–H groups in total. The molecule has 0 saturated heterocycles. The molecule has 1 aromatic carbocycles. The van der Waals surface area contributed by atoms with E-state index in [-0.39, 0.29) is 18.1 Å². The van der Waals surface area contributed by atoms with Crippen LogP contribution in [0.4, 0.5) is 8.78 Å². The molecule has 16 heavy (non-hydrogen) atoms. The second kappa shape index (κ2) is 5.92. The summed E-state index contributed by atoms with van der Waals surface area (Å²) in [6, 6.07) is 3.39. The summed E-state index contributed by atoms with van der Waals surface area (Å²) in [7, 11) is 0. The highest BCUT2D eigenvalue weighted by Crippen LogP contribution is 2.15. The highest BCUT2D eigenvalue weighted by Gasteiger charge is 2.17. The maximum absolute atomic E-state index is 13.3. The summed E-state index contributed by atoms with van der Waals surface area (Å²) in [5.74, 6) is -1.11. The highest BCUT2D eigenvalue weighted by atomic mass is 19.1. The van der Waals surface area contributed by atoms with Crippen LogP contribution < -0.4 is 5.73 Å². The molecule has 0 amide bonds. The van der Waals surface area contributed by atoms with E-state index in [0.717, 1.165) is 0 Å². The molecule has 4 heteroatoms. The van der Waals surface area contributed by atoms with E-state index in [2.05, 4.69) is 0 Å². The zero-order chi connectivity index (χ0) is 12.1. The van der Waals surface area contributed by atoms with Gasteiger partial charge in [-0.3, -0.25) is 0 Å². The van der Waals surface area contributed by atoms with Crippen molar-refractivity contribution in [2.45, 2.75) is 32.4 Å². The Hall–Kier alpha value is -1.00. The van der Waals surface area contributed by atoms with Crippen molar-refractivity contribution in [1.82, 2.24) is 0 Å². The zero-order valence-corrected chi connectivity index (χ0v) is 9.54. The van der Waals surface area contributed by atoms with Gasteiger partial charge in [0.15, 0.2) is 0 Å². The van der Waals surface area contributed by atoms with E-state index in [1.165, 1.54) is 18.2 Å². The standard InChI is InChI=1S/C12H17F2NO/c1-3-16-8(2)12(15)7-9-10(13)5-4-6-11(9)14/h4-6,8,12H,3,7,15H2,1-2H3. The minimum atomic E-state index is -0.556. The number of nitrogens with two attached hydrogens (primary N) is 1. The average Bonchev–Trinajstić information content (AvgIpc) is 2.23. The lowest BCUT2D eigenvalue weighted by Gasteiger charge is -2.20. The third-order valence-electron chi connectivity index (χ3n) is 2.53. The minimum absolute atomic E-state index is 0.0292. The topological polar surface area (TPSA) is 35.2 Å². The van der Waals surface area contributed by atoms with E-state index in [4.69, 9.17) is 10.5 Å². The van der Waals surface area contributed by atoms with Crippen LogP contribution in [0.25, 0.3) is 0 Å². The SMILES string of the molecule is CCOC(C)C(N)Cc1c(F)cccc1F. The van der Waals surface area contributed by atoms with E-state index in [1.807, 2.05) is 6.92 Å². The highest BCUT2D eigenvalue weighted by molar-refractivity contribution is 5.20. The Labute approximate surface area is 94.4 Å². The van der Waals surface area contributed by atoms with Crippen molar-refractivity contribution in [3.63, 3.8) is 0 Å². The average molecular weight is 229 g/mol. The molecule has 0 aliphatic rings. The molecule has 0 aliphatic heterocycles. The molecular formula is C12H17F2NO. The number of hydrogen-bond donors (Lipinski definition) is 1. The smallest absolute Gasteiger partial charge is 0.129 e. The van der Waals surface area contributed by atoms with Gasteiger partial charge in [0.05, 0.1) is 6.10 Å². The van der Waals surface area contributed by atoms with Gasteiger partial charge in [0.25, 0.3) is 0 Å². The number of ether oxygens (including phenoxy) is 1. The van der Waals surface area contributed by atoms with Crippen LogP contribution in [0.15, 0.2) is 18.2 Å². The fourth-order valence-corrected chi connectivity index (χ4v) is 1.52. The fourth-order valence-electron chi connectivity index (χ4n) is 1.52. The van der Waals surface area contributed by atoms with Crippen LogP contribution >= 0.6 is 0 Å². The van der Waals surface area contributed by atoms with Gasteiger partial charge in [-0.05, 0) is 32.4 Å². The Morgan fingerprint density at radius 2 is 1.88 bits per heavy atom. The first kappa shape index (κ1) is 13.1. The maximum Gasteiger partial charge on any atom is 0.129 e. The van der Waals surface area contributed by atoms with Crippen LogP contribution in [-0.4, -0.2) is 18.8 Å². The minimum Gasteiger partial charge on any atom is -0.377 e. The van der Waals surface area contributed by atoms with Gasteiger partial charge in [-0.25, -0.2) is 8.78 Å². The van der Waals surface area contributed by atoms with E-state index >= 15 is 0 Å². The summed E-state index contributed by atoms with van der Waals surface area (Å²) in [5, 5.41) is 0. The summed E-state index contributed by atoms with van der Waals surface area (Å²) in [6.07, 6.45) is -0.0799. The monoisotopic (exact) mass is 229 g/mol. The lowest BCUT2D eigenvalue weighted by Crippen LogP contribution is -2.37. The van der Waals surface area contributed by atoms with Crippen LogP contribution in [0, 0.1) is 11.6 Å². The lowest BCUT2D eigenvalue weighted by molar-refractivity contribution is 0.0573. The van der Waals surface area contributed by atoms with Crippen molar-refractivity contribution in [1.29, 1.82) is 0 Å². The Bertz CT molecular complexity index is 324. The van der Waals surface area contributed by atoms with Crippen LogP contribution in [-0.2, 0) is 11.2 Å². The van der Waals surface area contributed by atoms with E-state index in [0.29, 0.717) is 6.61 Å². The number of rotatable bonds is 5. The van der Waals surface area contributed by atoms with Crippen molar-refractivity contribution in [2.75, 3.05) is 6.61 Å². The summed E-state index contributed by atoms with van der Waals surface area (Å²) in [4.78, 5) is 0. The Morgan fingerprint density at radius 1 is 1.31 bits per heavy atom. The molecule has 0 saturated carbocycles. The molecule has 2 nitrogen and oxygen atoms in total. The van der Waals surface area contributed by atoms with Gasteiger partial charge < -0.3 is 10.5 Å². The van der Waals surface area contributed by atoms with Crippen molar-refractivity contribution in [2.24, 2.45) is 5.73 Å². The van der Waals surface area contributed by atoms with Gasteiger partial charge in [-0.15, -0.1) is 0 Å². The number of hydrogen-bond acceptors (Lipinski definition) is 2. The summed E-state index contributed by atoms with van der Waals surface area (Å²) < 4.78 is 31.9. The predicted octanol–water partition coefficient (Wildman–Crippen LogP) is 2.26. The first-order valence-corrected chi connectivity index (χ1v) is 5.36. The molecule has 0 spiro atoms. The van der Waals surface area contributed by atoms with Gasteiger partial charge >= 0.3 is 0 Å². The first-order chi connectivity index (χ1) is 7.56. The van der Waals surface area contributed by atoms with Crippen molar-refractivity contribution in [3.8, 4) is 0 Å². The van der Waals surface area contributed by atoms with Crippen molar-refractivity contribution in [3.05, 3.63) is 35.4 Å². The number of halogens is 2. The van der Waals surface area contributed by atoms with Crippen LogP contribution in [0.3, 0.4) is 0 Å². The number of benzene rings is 1. The summed E-state index contributed by atoms with van der Waals surface area (Å²) in [5.41, 5.74) is 5.84. The van der Waals surface area contributed by atoms with Gasteiger partial charge in [-0.2, -0.15) is 0 Å². The summed E-state index contributed by atoms with van der Waals surface area (Å²) >= 11 is 0. The Kier molecular flexibility index (Phi) is 4.83. The molecule has 2 unspecified atom stereocenters. The second-order valence-electron chi connectivity index (χ2n) is 3.73. The third-order valence-corrected chi connectivity index (χ3v) is 2.53. The summed E-state index contributed by atoms with van der Waals surface area (Å²) in [6.45, 7) is 4.19. The normalized spacial score (nSPS) is 14.8. The zero-order valence-electron chi connectivity index (χ0n) is 9.54. The first-order valence-electron chi connectivity index (χ1n) is 5.36. The molecule has 0 fully saturated rings. The lowest BCUT2D eigenvalue weighted by atomic mass is 10.0.